The number of aliphatic carboxylic acids is 1. The summed E-state index contributed by atoms with van der Waals surface area (Å²) < 4.78 is 0. The van der Waals surface area contributed by atoms with Crippen molar-refractivity contribution in [2.45, 2.75) is 25.3 Å². The van der Waals surface area contributed by atoms with E-state index in [4.69, 9.17) is 37.0 Å². The van der Waals surface area contributed by atoms with Gasteiger partial charge in [0.15, 0.2) is 0 Å². The average molecular weight is 232 g/mol. The van der Waals surface area contributed by atoms with E-state index in [0.717, 1.165) is 25.0 Å². The molecule has 0 aromatic rings. The Bertz CT molecular complexity index is 220. The summed E-state index contributed by atoms with van der Waals surface area (Å²) in [6, 6.07) is -0.716. The zero-order valence-electron chi connectivity index (χ0n) is 8.73. The summed E-state index contributed by atoms with van der Waals surface area (Å²) in [4.78, 5) is 26.8. The van der Waals surface area contributed by atoms with Gasteiger partial charge in [0.2, 0.25) is 12.2 Å². The second-order valence-electron chi connectivity index (χ2n) is 2.43. The van der Waals surface area contributed by atoms with Gasteiger partial charge in [-0.1, -0.05) is 6.42 Å². The molecule has 0 aliphatic carbocycles. The van der Waals surface area contributed by atoms with Crippen LogP contribution >= 0.6 is 0 Å². The summed E-state index contributed by atoms with van der Waals surface area (Å²) in [5.74, 6) is -0.933. The highest BCUT2D eigenvalue weighted by Crippen LogP contribution is 1.96. The van der Waals surface area contributed by atoms with Crippen molar-refractivity contribution in [3.05, 3.63) is 0 Å². The molecule has 0 heterocycles. The molecule has 0 aliphatic heterocycles. The number of unbranched alkanes of at least 4 members (excludes halogenated alkanes) is 1. The van der Waals surface area contributed by atoms with E-state index < -0.39 is 12.0 Å². The van der Waals surface area contributed by atoms with Crippen molar-refractivity contribution in [2.75, 3.05) is 6.54 Å². The number of carboxylic acid groups (broad SMARTS) is 1. The lowest BCUT2D eigenvalue weighted by Crippen LogP contribution is -2.29. The molecule has 0 spiro atoms. The van der Waals surface area contributed by atoms with Crippen LogP contribution in [0.1, 0.15) is 19.3 Å². The monoisotopic (exact) mass is 232 g/mol. The standard InChI is InChI=1S/C6H14N2O2.2CHNO/c7-4-2-1-3-5(8)6(9)10;2*2-1-3/h5H,1-4,7-8H2,(H,9,10);2*2H/t5-;;/m1../s1. The fourth-order valence-corrected chi connectivity index (χ4v) is 0.632. The van der Waals surface area contributed by atoms with Crippen LogP contribution in [0.15, 0.2) is 0 Å². The second-order valence-corrected chi connectivity index (χ2v) is 2.43. The summed E-state index contributed by atoms with van der Waals surface area (Å²) in [6.07, 6.45) is 3.66. The minimum Gasteiger partial charge on any atom is -0.480 e. The predicted molar refractivity (Wildman–Crippen MR) is 55.3 cm³/mol. The molecule has 0 saturated heterocycles. The first-order valence-corrected chi connectivity index (χ1v) is 4.27. The molecule has 0 aromatic carbocycles. The average Bonchev–Trinajstić information content (AvgIpc) is 2.20. The Labute approximate surface area is 92.6 Å². The van der Waals surface area contributed by atoms with Crippen molar-refractivity contribution in [3.8, 4) is 0 Å². The van der Waals surface area contributed by atoms with Crippen LogP contribution in [0.25, 0.3) is 0 Å². The van der Waals surface area contributed by atoms with Crippen LogP contribution in [0.3, 0.4) is 0 Å². The molecule has 0 unspecified atom stereocenters. The molecule has 0 fully saturated rings. The molecule has 92 valence electrons. The van der Waals surface area contributed by atoms with Gasteiger partial charge >= 0.3 is 5.97 Å². The number of carbonyl (C=O) groups is 1. The van der Waals surface area contributed by atoms with E-state index in [0.29, 0.717) is 13.0 Å². The van der Waals surface area contributed by atoms with Crippen LogP contribution in [-0.4, -0.2) is 35.8 Å². The number of nitrogens with two attached hydrogens (primary N) is 2. The van der Waals surface area contributed by atoms with E-state index in [1.807, 2.05) is 0 Å². The van der Waals surface area contributed by atoms with Crippen molar-refractivity contribution in [3.63, 3.8) is 0 Å². The Morgan fingerprint density at radius 3 is 1.88 bits per heavy atom. The molecular formula is C8H16N4O4. The number of carbonyl (C=O) groups excluding carboxylic acids is 2. The van der Waals surface area contributed by atoms with Gasteiger partial charge in [-0.3, -0.25) is 4.79 Å². The lowest BCUT2D eigenvalue weighted by Gasteiger charge is -2.03. The molecule has 0 aromatic heterocycles. The zero-order valence-corrected chi connectivity index (χ0v) is 8.73. The molecule has 1 atom stereocenters. The summed E-state index contributed by atoms with van der Waals surface area (Å²) in [6.45, 7) is 0.604. The third kappa shape index (κ3) is 29.5. The Morgan fingerprint density at radius 1 is 1.25 bits per heavy atom. The number of nitrogens with one attached hydrogen (secondary N) is 2. The zero-order chi connectivity index (χ0) is 13.4. The van der Waals surface area contributed by atoms with Crippen molar-refractivity contribution in [1.82, 2.24) is 0 Å². The Hall–Kier alpha value is -1.85. The van der Waals surface area contributed by atoms with Crippen molar-refractivity contribution < 1.29 is 19.5 Å². The highest BCUT2D eigenvalue weighted by Gasteiger charge is 2.09. The van der Waals surface area contributed by atoms with E-state index in [-0.39, 0.29) is 0 Å². The van der Waals surface area contributed by atoms with Crippen LogP contribution in [0.4, 0.5) is 0 Å². The van der Waals surface area contributed by atoms with Gasteiger partial charge in [0.1, 0.15) is 6.04 Å². The first kappa shape index (κ1) is 19.7. The fraction of sp³-hybridized carbons (Fsp3) is 0.625. The second kappa shape index (κ2) is 18.8. The Balaban J connectivity index is -0.000000235. The van der Waals surface area contributed by atoms with Crippen LogP contribution < -0.4 is 11.5 Å². The summed E-state index contributed by atoms with van der Waals surface area (Å²) >= 11 is 0. The highest BCUT2D eigenvalue weighted by molar-refractivity contribution is 5.72. The third-order valence-electron chi connectivity index (χ3n) is 1.29. The lowest BCUT2D eigenvalue weighted by molar-refractivity contribution is -0.138. The molecule has 8 heteroatoms. The van der Waals surface area contributed by atoms with Crippen LogP contribution in [0, 0.1) is 10.8 Å². The molecule has 0 radical (unpaired) electrons. The van der Waals surface area contributed by atoms with Crippen LogP contribution in [0.2, 0.25) is 0 Å². The molecule has 0 rings (SSSR count). The minimum absolute atomic E-state index is 0.520. The van der Waals surface area contributed by atoms with E-state index in [1.54, 1.807) is 0 Å². The largest absolute Gasteiger partial charge is 0.480 e. The van der Waals surface area contributed by atoms with Crippen LogP contribution in [-0.2, 0) is 14.4 Å². The van der Waals surface area contributed by atoms with E-state index in [9.17, 15) is 4.79 Å². The molecule has 8 nitrogen and oxygen atoms in total. The predicted octanol–water partition coefficient (Wildman–Crippen LogP) is -0.671. The molecule has 7 N–H and O–H groups in total. The maximum absolute atomic E-state index is 10.1. The summed E-state index contributed by atoms with van der Waals surface area (Å²) in [5.41, 5.74) is 10.4. The van der Waals surface area contributed by atoms with Crippen molar-refractivity contribution in [1.29, 1.82) is 10.8 Å². The summed E-state index contributed by atoms with van der Waals surface area (Å²) in [5, 5.41) is 19.1. The van der Waals surface area contributed by atoms with Crippen LogP contribution in [0.5, 0.6) is 0 Å². The third-order valence-corrected chi connectivity index (χ3v) is 1.29. The first-order chi connectivity index (χ1) is 7.51. The Kier molecular flexibility index (Phi) is 23.2. The fourth-order valence-electron chi connectivity index (χ4n) is 0.632. The minimum atomic E-state index is -0.933. The highest BCUT2D eigenvalue weighted by atomic mass is 16.4. The maximum Gasteiger partial charge on any atom is 0.320 e. The van der Waals surface area contributed by atoms with Gasteiger partial charge in [0, 0.05) is 0 Å². The normalized spacial score (nSPS) is 9.12. The maximum atomic E-state index is 10.1. The molecule has 16 heavy (non-hydrogen) atoms. The Morgan fingerprint density at radius 2 is 1.62 bits per heavy atom. The number of rotatable bonds is 5. The van der Waals surface area contributed by atoms with E-state index >= 15 is 0 Å². The number of hydrogen-bond donors (Lipinski definition) is 5. The smallest absolute Gasteiger partial charge is 0.320 e. The SMILES string of the molecule is N=C=O.N=C=O.NCCCC[C@@H](N)C(=O)O. The lowest BCUT2D eigenvalue weighted by atomic mass is 10.1. The van der Waals surface area contributed by atoms with Gasteiger partial charge in [-0.2, -0.15) is 0 Å². The van der Waals surface area contributed by atoms with E-state index in [2.05, 4.69) is 0 Å². The topological polar surface area (TPSA) is 171 Å². The first-order valence-electron chi connectivity index (χ1n) is 4.27. The molecule has 0 amide bonds. The van der Waals surface area contributed by atoms with Crippen molar-refractivity contribution in [2.24, 2.45) is 11.5 Å². The molecule has 0 aliphatic rings. The van der Waals surface area contributed by atoms with Gasteiger partial charge in [-0.15, -0.1) is 0 Å². The molecular weight excluding hydrogens is 216 g/mol. The van der Waals surface area contributed by atoms with Gasteiger partial charge in [-0.05, 0) is 19.4 Å². The van der Waals surface area contributed by atoms with Gasteiger partial charge in [0.05, 0.1) is 0 Å². The molecule has 0 bridgehead atoms. The number of hydrogen-bond acceptors (Lipinski definition) is 7. The number of carboxylic acids is 1. The van der Waals surface area contributed by atoms with Crippen molar-refractivity contribution >= 4 is 18.1 Å². The van der Waals surface area contributed by atoms with E-state index in [1.165, 1.54) is 0 Å². The van der Waals surface area contributed by atoms with Gasteiger partial charge in [-0.25, -0.2) is 20.4 Å². The quantitative estimate of drug-likeness (QED) is 0.239. The van der Waals surface area contributed by atoms with Gasteiger partial charge in [0.25, 0.3) is 0 Å². The molecule has 0 saturated carbocycles. The number of isocyanates is 2. The van der Waals surface area contributed by atoms with Gasteiger partial charge < -0.3 is 16.6 Å². The summed E-state index contributed by atoms with van der Waals surface area (Å²) in [7, 11) is 0.